The summed E-state index contributed by atoms with van der Waals surface area (Å²) in [5.74, 6) is 0.205. The van der Waals surface area contributed by atoms with E-state index in [4.69, 9.17) is 4.74 Å². The first kappa shape index (κ1) is 16.4. The van der Waals surface area contributed by atoms with Gasteiger partial charge in [-0.25, -0.2) is 0 Å². The second-order valence-electron chi connectivity index (χ2n) is 5.38. The van der Waals surface area contributed by atoms with Gasteiger partial charge in [0.15, 0.2) is 0 Å². The van der Waals surface area contributed by atoms with E-state index in [1.807, 2.05) is 32.6 Å². The summed E-state index contributed by atoms with van der Waals surface area (Å²) in [4.78, 5) is 16.9. The molecular weight excluding hydrogens is 242 g/mol. The summed E-state index contributed by atoms with van der Waals surface area (Å²) in [7, 11) is 0. The van der Waals surface area contributed by atoms with Crippen LogP contribution in [0, 0.1) is 0 Å². The topological polar surface area (TPSA) is 44.8 Å². The maximum absolute atomic E-state index is 12.7. The third-order valence-electron chi connectivity index (χ3n) is 3.81. The molecule has 0 bridgehead atoms. The van der Waals surface area contributed by atoms with E-state index >= 15 is 0 Å². The number of piperazine rings is 1. The molecule has 5 nitrogen and oxygen atoms in total. The van der Waals surface area contributed by atoms with Gasteiger partial charge >= 0.3 is 0 Å². The van der Waals surface area contributed by atoms with E-state index in [0.717, 1.165) is 32.7 Å². The Hall–Kier alpha value is -0.650. The number of rotatable bonds is 7. The van der Waals surface area contributed by atoms with Crippen LogP contribution in [0.25, 0.3) is 0 Å². The molecule has 0 aromatic rings. The van der Waals surface area contributed by atoms with Crippen LogP contribution in [0.2, 0.25) is 0 Å². The molecule has 19 heavy (non-hydrogen) atoms. The van der Waals surface area contributed by atoms with Gasteiger partial charge in [-0.15, -0.1) is 0 Å². The lowest BCUT2D eigenvalue weighted by Crippen LogP contribution is -2.60. The zero-order valence-corrected chi connectivity index (χ0v) is 12.9. The smallest absolute Gasteiger partial charge is 0.242 e. The second-order valence-corrected chi connectivity index (χ2v) is 5.38. The minimum atomic E-state index is -0.426. The first-order valence-corrected chi connectivity index (χ1v) is 7.36. The number of hydrogen-bond donors (Lipinski definition) is 1. The van der Waals surface area contributed by atoms with Gasteiger partial charge in [0.05, 0.1) is 12.1 Å². The van der Waals surface area contributed by atoms with Crippen LogP contribution in [0.1, 0.15) is 27.7 Å². The minimum absolute atomic E-state index is 0.205. The predicted octanol–water partition coefficient (Wildman–Crippen LogP) is 0.555. The SMILES string of the molecule is CCOCCN(CC)C(=O)C(C)(C)N1CCNCC1. The molecule has 0 spiro atoms. The molecule has 1 fully saturated rings. The summed E-state index contributed by atoms with van der Waals surface area (Å²) < 4.78 is 5.36. The highest BCUT2D eigenvalue weighted by molar-refractivity contribution is 5.85. The molecule has 0 aromatic carbocycles. The van der Waals surface area contributed by atoms with Gasteiger partial charge in [-0.1, -0.05) is 0 Å². The molecule has 1 aliphatic heterocycles. The highest BCUT2D eigenvalue weighted by atomic mass is 16.5. The Morgan fingerprint density at radius 2 is 1.95 bits per heavy atom. The summed E-state index contributed by atoms with van der Waals surface area (Å²) in [6, 6.07) is 0. The Labute approximate surface area is 117 Å². The average molecular weight is 271 g/mol. The lowest BCUT2D eigenvalue weighted by atomic mass is 9.99. The Kier molecular flexibility index (Phi) is 6.75. The van der Waals surface area contributed by atoms with Gasteiger partial charge in [0.25, 0.3) is 0 Å². The standard InChI is InChI=1S/C14H29N3O2/c1-5-16(11-12-19-6-2)13(18)14(3,4)17-9-7-15-8-10-17/h15H,5-12H2,1-4H3. The summed E-state index contributed by atoms with van der Waals surface area (Å²) in [6.45, 7) is 14.6. The Balaban J connectivity index is 2.60. The number of nitrogens with one attached hydrogen (secondary N) is 1. The van der Waals surface area contributed by atoms with Crippen LogP contribution in [-0.4, -0.2) is 73.7 Å². The zero-order valence-electron chi connectivity index (χ0n) is 12.9. The maximum Gasteiger partial charge on any atom is 0.242 e. The summed E-state index contributed by atoms with van der Waals surface area (Å²) >= 11 is 0. The third-order valence-corrected chi connectivity index (χ3v) is 3.81. The van der Waals surface area contributed by atoms with E-state index in [0.29, 0.717) is 19.8 Å². The quantitative estimate of drug-likeness (QED) is 0.687. The van der Waals surface area contributed by atoms with Crippen molar-refractivity contribution in [1.29, 1.82) is 0 Å². The van der Waals surface area contributed by atoms with Gasteiger partial charge in [-0.3, -0.25) is 9.69 Å². The molecule has 1 aliphatic rings. The van der Waals surface area contributed by atoms with Crippen molar-refractivity contribution in [3.8, 4) is 0 Å². The highest BCUT2D eigenvalue weighted by Gasteiger charge is 2.37. The molecule has 112 valence electrons. The number of nitrogens with zero attached hydrogens (tertiary/aromatic N) is 2. The van der Waals surface area contributed by atoms with Crippen LogP contribution >= 0.6 is 0 Å². The number of amides is 1. The van der Waals surface area contributed by atoms with Gasteiger partial charge in [0.2, 0.25) is 5.91 Å². The first-order valence-electron chi connectivity index (χ1n) is 7.36. The van der Waals surface area contributed by atoms with E-state index < -0.39 is 5.54 Å². The molecule has 0 saturated carbocycles. The van der Waals surface area contributed by atoms with E-state index in [1.165, 1.54) is 0 Å². The number of ether oxygens (including phenoxy) is 1. The number of likely N-dealkylation sites (N-methyl/N-ethyl adjacent to an activating group) is 1. The molecule has 1 heterocycles. The fraction of sp³-hybridized carbons (Fsp3) is 0.929. The van der Waals surface area contributed by atoms with Crippen LogP contribution in [0.15, 0.2) is 0 Å². The van der Waals surface area contributed by atoms with Crippen molar-refractivity contribution in [3.05, 3.63) is 0 Å². The molecule has 1 rings (SSSR count). The van der Waals surface area contributed by atoms with Crippen molar-refractivity contribution in [1.82, 2.24) is 15.1 Å². The molecule has 1 N–H and O–H groups in total. The molecule has 5 heteroatoms. The zero-order chi connectivity index (χ0) is 14.3. The van der Waals surface area contributed by atoms with Crippen molar-refractivity contribution in [2.45, 2.75) is 33.2 Å². The van der Waals surface area contributed by atoms with Gasteiger partial charge in [0.1, 0.15) is 0 Å². The van der Waals surface area contributed by atoms with Crippen LogP contribution < -0.4 is 5.32 Å². The van der Waals surface area contributed by atoms with Crippen molar-refractivity contribution in [2.75, 3.05) is 52.5 Å². The molecule has 0 atom stereocenters. The van der Waals surface area contributed by atoms with E-state index in [2.05, 4.69) is 10.2 Å². The van der Waals surface area contributed by atoms with Crippen LogP contribution in [0.4, 0.5) is 0 Å². The average Bonchev–Trinajstić information content (AvgIpc) is 2.44. The normalized spacial score (nSPS) is 17.5. The fourth-order valence-corrected chi connectivity index (χ4v) is 2.47. The Bertz CT molecular complexity index is 276. The minimum Gasteiger partial charge on any atom is -0.380 e. The number of carbonyl (C=O) groups excluding carboxylic acids is 1. The van der Waals surface area contributed by atoms with Crippen molar-refractivity contribution in [3.63, 3.8) is 0 Å². The maximum atomic E-state index is 12.7. The third kappa shape index (κ3) is 4.44. The Morgan fingerprint density at radius 3 is 2.47 bits per heavy atom. The van der Waals surface area contributed by atoms with Crippen LogP contribution in [0.5, 0.6) is 0 Å². The summed E-state index contributed by atoms with van der Waals surface area (Å²) in [5.41, 5.74) is -0.426. The van der Waals surface area contributed by atoms with Gasteiger partial charge in [-0.05, 0) is 27.7 Å². The fourth-order valence-electron chi connectivity index (χ4n) is 2.47. The molecule has 1 amide bonds. The monoisotopic (exact) mass is 271 g/mol. The molecule has 0 aromatic heterocycles. The van der Waals surface area contributed by atoms with Gasteiger partial charge in [0, 0.05) is 45.9 Å². The molecule has 0 radical (unpaired) electrons. The van der Waals surface area contributed by atoms with E-state index in [-0.39, 0.29) is 5.91 Å². The van der Waals surface area contributed by atoms with Gasteiger partial charge in [-0.2, -0.15) is 0 Å². The summed E-state index contributed by atoms with van der Waals surface area (Å²) in [5, 5.41) is 3.32. The lowest BCUT2D eigenvalue weighted by molar-refractivity contribution is -0.143. The molecular formula is C14H29N3O2. The van der Waals surface area contributed by atoms with E-state index in [9.17, 15) is 4.79 Å². The number of carbonyl (C=O) groups is 1. The van der Waals surface area contributed by atoms with Crippen molar-refractivity contribution < 1.29 is 9.53 Å². The molecule has 0 aliphatic carbocycles. The second kappa shape index (κ2) is 7.82. The largest absolute Gasteiger partial charge is 0.380 e. The number of hydrogen-bond acceptors (Lipinski definition) is 4. The van der Waals surface area contributed by atoms with E-state index in [1.54, 1.807) is 0 Å². The first-order chi connectivity index (χ1) is 9.04. The lowest BCUT2D eigenvalue weighted by Gasteiger charge is -2.42. The van der Waals surface area contributed by atoms with Crippen molar-refractivity contribution in [2.24, 2.45) is 0 Å². The Morgan fingerprint density at radius 1 is 1.32 bits per heavy atom. The molecule has 1 saturated heterocycles. The van der Waals surface area contributed by atoms with Crippen molar-refractivity contribution >= 4 is 5.91 Å². The summed E-state index contributed by atoms with van der Waals surface area (Å²) in [6.07, 6.45) is 0. The van der Waals surface area contributed by atoms with Crippen LogP contribution in [-0.2, 0) is 9.53 Å². The highest BCUT2D eigenvalue weighted by Crippen LogP contribution is 2.18. The predicted molar refractivity (Wildman–Crippen MR) is 77.3 cm³/mol. The molecule has 0 unspecified atom stereocenters. The van der Waals surface area contributed by atoms with Crippen LogP contribution in [0.3, 0.4) is 0 Å². The van der Waals surface area contributed by atoms with Gasteiger partial charge < -0.3 is 15.0 Å².